The zero-order valence-electron chi connectivity index (χ0n) is 8.15. The number of aryl methyl sites for hydroxylation is 1. The Hall–Kier alpha value is -1.27. The quantitative estimate of drug-likeness (QED) is 0.788. The number of rotatable bonds is 2. The number of H-pyrrole nitrogens is 1. The summed E-state index contributed by atoms with van der Waals surface area (Å²) in [5, 5.41) is 0. The van der Waals surface area contributed by atoms with E-state index in [1.54, 1.807) is 11.3 Å². The number of thiophene rings is 1. The zero-order valence-corrected chi connectivity index (χ0v) is 9.78. The van der Waals surface area contributed by atoms with E-state index < -0.39 is 0 Å². The minimum atomic E-state index is 0.271. The van der Waals surface area contributed by atoms with Crippen LogP contribution >= 0.6 is 23.6 Å². The van der Waals surface area contributed by atoms with Crippen LogP contribution in [0.5, 0.6) is 0 Å². The van der Waals surface area contributed by atoms with Crippen LogP contribution in [0, 0.1) is 4.77 Å². The van der Waals surface area contributed by atoms with E-state index in [2.05, 4.69) is 27.9 Å². The van der Waals surface area contributed by atoms with Gasteiger partial charge in [0.15, 0.2) is 5.82 Å². The second-order valence-corrected chi connectivity index (χ2v) is 4.52. The summed E-state index contributed by atoms with van der Waals surface area (Å²) in [6, 6.07) is 4.09. The maximum absolute atomic E-state index is 5.57. The number of hydrogen-bond acceptors (Lipinski definition) is 5. The molecule has 0 aliphatic heterocycles. The molecule has 0 saturated carbocycles. The van der Waals surface area contributed by atoms with Gasteiger partial charge in [0.25, 0.3) is 0 Å². The third-order valence-corrected chi connectivity index (χ3v) is 3.33. The number of nitrogens with two attached hydrogens (primary N) is 1. The van der Waals surface area contributed by atoms with Crippen LogP contribution in [0.15, 0.2) is 12.1 Å². The summed E-state index contributed by atoms with van der Waals surface area (Å²) in [7, 11) is 0. The monoisotopic (exact) mass is 238 g/mol. The highest BCUT2D eigenvalue weighted by molar-refractivity contribution is 7.71. The van der Waals surface area contributed by atoms with Crippen LogP contribution in [0.2, 0.25) is 0 Å². The Morgan fingerprint density at radius 3 is 2.87 bits per heavy atom. The van der Waals surface area contributed by atoms with Crippen molar-refractivity contribution in [1.82, 2.24) is 15.0 Å². The fourth-order valence-electron chi connectivity index (χ4n) is 1.21. The molecule has 3 N–H and O–H groups in total. The summed E-state index contributed by atoms with van der Waals surface area (Å²) in [5.74, 6) is 0.994. The minimum absolute atomic E-state index is 0.271. The van der Waals surface area contributed by atoms with Crippen LogP contribution < -0.4 is 5.73 Å². The van der Waals surface area contributed by atoms with Gasteiger partial charge in [0.05, 0.1) is 4.88 Å². The Morgan fingerprint density at radius 2 is 2.27 bits per heavy atom. The van der Waals surface area contributed by atoms with E-state index >= 15 is 0 Å². The predicted molar refractivity (Wildman–Crippen MR) is 64.3 cm³/mol. The van der Waals surface area contributed by atoms with Crippen molar-refractivity contribution in [2.45, 2.75) is 13.3 Å². The number of hydrogen-bond donors (Lipinski definition) is 2. The van der Waals surface area contributed by atoms with Gasteiger partial charge in [-0.3, -0.25) is 0 Å². The summed E-state index contributed by atoms with van der Waals surface area (Å²) in [5.41, 5.74) is 5.57. The van der Waals surface area contributed by atoms with Gasteiger partial charge in [0, 0.05) is 4.88 Å². The first kappa shape index (κ1) is 10.3. The molecule has 78 valence electrons. The van der Waals surface area contributed by atoms with Crippen molar-refractivity contribution in [2.24, 2.45) is 0 Å². The largest absolute Gasteiger partial charge is 0.369 e. The molecule has 0 radical (unpaired) electrons. The fraction of sp³-hybridized carbons (Fsp3) is 0.222. The van der Waals surface area contributed by atoms with Crippen molar-refractivity contribution >= 4 is 29.5 Å². The lowest BCUT2D eigenvalue weighted by Gasteiger charge is -1.97. The molecule has 2 rings (SSSR count). The number of aromatic nitrogens is 3. The van der Waals surface area contributed by atoms with Crippen molar-refractivity contribution in [3.05, 3.63) is 21.8 Å². The Balaban J connectivity index is 2.48. The van der Waals surface area contributed by atoms with Gasteiger partial charge in [0.1, 0.15) is 0 Å². The van der Waals surface area contributed by atoms with Crippen LogP contribution in [0.1, 0.15) is 11.8 Å². The predicted octanol–water partition coefficient (Wildman–Crippen LogP) is 2.41. The van der Waals surface area contributed by atoms with Gasteiger partial charge < -0.3 is 10.7 Å². The molecule has 0 fully saturated rings. The van der Waals surface area contributed by atoms with Gasteiger partial charge in [-0.25, -0.2) is 0 Å². The summed E-state index contributed by atoms with van der Waals surface area (Å²) >= 11 is 6.58. The summed E-state index contributed by atoms with van der Waals surface area (Å²) < 4.78 is 0.271. The van der Waals surface area contributed by atoms with Crippen molar-refractivity contribution in [3.8, 4) is 10.7 Å². The summed E-state index contributed by atoms with van der Waals surface area (Å²) in [4.78, 5) is 13.2. The molecule has 15 heavy (non-hydrogen) atoms. The first-order valence-corrected chi connectivity index (χ1v) is 5.74. The van der Waals surface area contributed by atoms with Crippen molar-refractivity contribution in [1.29, 1.82) is 0 Å². The molecule has 0 aromatic carbocycles. The molecule has 0 aliphatic rings. The third-order valence-electron chi connectivity index (χ3n) is 1.91. The lowest BCUT2D eigenvalue weighted by molar-refractivity contribution is 1.05. The van der Waals surface area contributed by atoms with Gasteiger partial charge in [-0.1, -0.05) is 6.92 Å². The molecular weight excluding hydrogens is 228 g/mol. The Morgan fingerprint density at radius 1 is 1.47 bits per heavy atom. The van der Waals surface area contributed by atoms with E-state index in [4.69, 9.17) is 18.0 Å². The van der Waals surface area contributed by atoms with Crippen molar-refractivity contribution < 1.29 is 0 Å². The molecule has 2 aromatic heterocycles. The highest BCUT2D eigenvalue weighted by Gasteiger charge is 2.04. The van der Waals surface area contributed by atoms with E-state index in [0.29, 0.717) is 11.8 Å². The minimum Gasteiger partial charge on any atom is -0.369 e. The van der Waals surface area contributed by atoms with Gasteiger partial charge >= 0.3 is 0 Å². The molecule has 6 heteroatoms. The average Bonchev–Trinajstić information content (AvgIpc) is 2.64. The molecule has 0 atom stereocenters. The number of nitrogens with one attached hydrogen (secondary N) is 1. The molecule has 0 saturated heterocycles. The summed E-state index contributed by atoms with van der Waals surface area (Å²) in [6.45, 7) is 2.12. The second-order valence-electron chi connectivity index (χ2n) is 2.98. The average molecular weight is 238 g/mol. The summed E-state index contributed by atoms with van der Waals surface area (Å²) in [6.07, 6.45) is 1.02. The molecule has 0 aliphatic carbocycles. The highest BCUT2D eigenvalue weighted by atomic mass is 32.1. The lowest BCUT2D eigenvalue weighted by atomic mass is 10.3. The number of anilines is 1. The van der Waals surface area contributed by atoms with E-state index in [1.807, 2.05) is 6.07 Å². The van der Waals surface area contributed by atoms with E-state index in [-0.39, 0.29) is 4.77 Å². The molecule has 2 aromatic rings. The van der Waals surface area contributed by atoms with Crippen LogP contribution in [0.4, 0.5) is 5.95 Å². The number of aromatic amines is 1. The number of nitrogens with zero attached hydrogens (tertiary/aromatic N) is 2. The van der Waals surface area contributed by atoms with Crippen LogP contribution in [-0.4, -0.2) is 15.0 Å². The fourth-order valence-corrected chi connectivity index (χ4v) is 2.29. The number of nitrogen functional groups attached to an aromatic ring is 1. The van der Waals surface area contributed by atoms with Gasteiger partial charge in [-0.2, -0.15) is 9.97 Å². The van der Waals surface area contributed by atoms with Crippen molar-refractivity contribution in [3.63, 3.8) is 0 Å². The molecule has 0 amide bonds. The van der Waals surface area contributed by atoms with E-state index in [1.165, 1.54) is 4.88 Å². The smallest absolute Gasteiger partial charge is 0.224 e. The molecule has 2 heterocycles. The normalized spacial score (nSPS) is 10.5. The van der Waals surface area contributed by atoms with Gasteiger partial charge in [-0.15, -0.1) is 11.3 Å². The third kappa shape index (κ3) is 2.21. The first-order valence-electron chi connectivity index (χ1n) is 4.52. The van der Waals surface area contributed by atoms with Gasteiger partial charge in [0.2, 0.25) is 10.7 Å². The van der Waals surface area contributed by atoms with E-state index in [9.17, 15) is 0 Å². The second kappa shape index (κ2) is 4.08. The van der Waals surface area contributed by atoms with Gasteiger partial charge in [-0.05, 0) is 30.8 Å². The van der Waals surface area contributed by atoms with Crippen molar-refractivity contribution in [2.75, 3.05) is 5.73 Å². The topological polar surface area (TPSA) is 67.6 Å². The molecule has 0 spiro atoms. The van der Waals surface area contributed by atoms with E-state index in [0.717, 1.165) is 11.3 Å². The Kier molecular flexibility index (Phi) is 2.79. The molecule has 0 unspecified atom stereocenters. The lowest BCUT2D eigenvalue weighted by Crippen LogP contribution is -1.98. The van der Waals surface area contributed by atoms with Crippen LogP contribution in [0.3, 0.4) is 0 Å². The standard InChI is InChI=1S/C9H10N4S2/c1-2-5-3-4-6(15-5)7-11-8(10)13-9(14)12-7/h3-4H,2H2,1H3,(H3,10,11,12,13,14). The highest BCUT2D eigenvalue weighted by Crippen LogP contribution is 2.25. The zero-order chi connectivity index (χ0) is 10.8. The first-order chi connectivity index (χ1) is 7.19. The Bertz CT molecular complexity index is 529. The maximum Gasteiger partial charge on any atom is 0.224 e. The molecular formula is C9H10N4S2. The molecule has 0 bridgehead atoms. The Labute approximate surface area is 96.2 Å². The van der Waals surface area contributed by atoms with Crippen LogP contribution in [0.25, 0.3) is 10.7 Å². The maximum atomic E-state index is 5.57. The van der Waals surface area contributed by atoms with Crippen LogP contribution in [-0.2, 0) is 6.42 Å². The molecule has 4 nitrogen and oxygen atoms in total. The SMILES string of the molecule is CCc1ccc(-c2nc(=S)nc(N)[nH]2)s1.